The number of amides is 1. The topological polar surface area (TPSA) is 47.0 Å². The van der Waals surface area contributed by atoms with Crippen LogP contribution in [0.5, 0.6) is 5.75 Å². The molecule has 0 spiro atoms. The van der Waals surface area contributed by atoms with Crippen LogP contribution < -0.4 is 4.90 Å². The molecule has 146 valence electrons. The number of likely N-dealkylation sites (N-methyl/N-ethyl adjacent to an activating group) is 1. The molecule has 1 unspecified atom stereocenters. The first-order chi connectivity index (χ1) is 13.1. The third kappa shape index (κ3) is 5.23. The highest BCUT2D eigenvalue weighted by Gasteiger charge is 2.31. The predicted octanol–water partition coefficient (Wildman–Crippen LogP) is 3.37. The Morgan fingerprint density at radius 2 is 1.48 bits per heavy atom. The van der Waals surface area contributed by atoms with Gasteiger partial charge in [0.1, 0.15) is 11.8 Å². The summed E-state index contributed by atoms with van der Waals surface area (Å²) in [6, 6.07) is 17.1. The van der Waals surface area contributed by atoms with Crippen molar-refractivity contribution in [2.24, 2.45) is 0 Å². The normalized spacial score (nSPS) is 15.5. The number of phenols is 1. The third-order valence-corrected chi connectivity index (χ3v) is 4.68. The lowest BCUT2D eigenvalue weighted by atomic mass is 10.0. The Morgan fingerprint density at radius 3 is 2.00 bits per heavy atom. The van der Waals surface area contributed by atoms with Crippen molar-refractivity contribution in [3.05, 3.63) is 60.2 Å². The van der Waals surface area contributed by atoms with Crippen LogP contribution in [0.2, 0.25) is 0 Å². The SMILES string of the molecule is CC.CN(C)C(=O)C(c1ccccc1)N1CCN(c2ccc(O)cc2)CC1. The van der Waals surface area contributed by atoms with Crippen molar-refractivity contribution in [2.75, 3.05) is 45.2 Å². The van der Waals surface area contributed by atoms with Crippen molar-refractivity contribution in [3.8, 4) is 5.75 Å². The summed E-state index contributed by atoms with van der Waals surface area (Å²) < 4.78 is 0. The second kappa shape index (κ2) is 9.97. The van der Waals surface area contributed by atoms with Gasteiger partial charge in [-0.3, -0.25) is 9.69 Å². The van der Waals surface area contributed by atoms with Crippen LogP contribution in [0.4, 0.5) is 5.69 Å². The highest BCUT2D eigenvalue weighted by Crippen LogP contribution is 2.26. The number of aromatic hydroxyl groups is 1. The molecule has 1 fully saturated rings. The monoisotopic (exact) mass is 369 g/mol. The fraction of sp³-hybridized carbons (Fsp3) is 0.409. The average molecular weight is 370 g/mol. The maximum absolute atomic E-state index is 12.8. The zero-order valence-corrected chi connectivity index (χ0v) is 16.8. The van der Waals surface area contributed by atoms with Crippen LogP contribution in [0.15, 0.2) is 54.6 Å². The number of hydrogen-bond acceptors (Lipinski definition) is 4. The van der Waals surface area contributed by atoms with E-state index in [2.05, 4.69) is 9.80 Å². The highest BCUT2D eigenvalue weighted by molar-refractivity contribution is 5.83. The maximum Gasteiger partial charge on any atom is 0.244 e. The van der Waals surface area contributed by atoms with Crippen LogP contribution in [-0.2, 0) is 4.79 Å². The van der Waals surface area contributed by atoms with E-state index in [4.69, 9.17) is 0 Å². The Balaban J connectivity index is 0.00000126. The number of nitrogens with zero attached hydrogens (tertiary/aromatic N) is 3. The van der Waals surface area contributed by atoms with Gasteiger partial charge in [-0.15, -0.1) is 0 Å². The quantitative estimate of drug-likeness (QED) is 0.898. The molecule has 0 bridgehead atoms. The molecular formula is C22H31N3O2. The summed E-state index contributed by atoms with van der Waals surface area (Å²) >= 11 is 0. The van der Waals surface area contributed by atoms with Crippen molar-refractivity contribution in [1.82, 2.24) is 9.80 Å². The number of anilines is 1. The molecule has 27 heavy (non-hydrogen) atoms. The smallest absolute Gasteiger partial charge is 0.244 e. The largest absolute Gasteiger partial charge is 0.508 e. The van der Waals surface area contributed by atoms with E-state index in [1.807, 2.05) is 70.4 Å². The molecule has 0 aliphatic carbocycles. The zero-order valence-electron chi connectivity index (χ0n) is 16.8. The first-order valence-electron chi connectivity index (χ1n) is 9.60. The van der Waals surface area contributed by atoms with E-state index >= 15 is 0 Å². The number of benzene rings is 2. The molecule has 0 aromatic heterocycles. The molecule has 0 radical (unpaired) electrons. The van der Waals surface area contributed by atoms with E-state index < -0.39 is 0 Å². The molecule has 2 aromatic rings. The summed E-state index contributed by atoms with van der Waals surface area (Å²) in [5.74, 6) is 0.396. The fourth-order valence-corrected chi connectivity index (χ4v) is 3.29. The van der Waals surface area contributed by atoms with Crippen molar-refractivity contribution < 1.29 is 9.90 Å². The van der Waals surface area contributed by atoms with Gasteiger partial charge in [-0.25, -0.2) is 0 Å². The molecule has 1 heterocycles. The van der Waals surface area contributed by atoms with Gasteiger partial charge in [-0.05, 0) is 29.8 Å². The minimum Gasteiger partial charge on any atom is -0.508 e. The third-order valence-electron chi connectivity index (χ3n) is 4.68. The van der Waals surface area contributed by atoms with Gasteiger partial charge >= 0.3 is 0 Å². The summed E-state index contributed by atoms with van der Waals surface area (Å²) in [7, 11) is 3.62. The molecule has 3 rings (SSSR count). The van der Waals surface area contributed by atoms with E-state index in [1.165, 1.54) is 0 Å². The molecule has 1 N–H and O–H groups in total. The first kappa shape index (κ1) is 20.8. The number of carbonyl (C=O) groups excluding carboxylic acids is 1. The molecule has 0 saturated carbocycles. The van der Waals surface area contributed by atoms with Crippen LogP contribution in [0, 0.1) is 0 Å². The van der Waals surface area contributed by atoms with Gasteiger partial charge < -0.3 is 14.9 Å². The Bertz CT molecular complexity index is 693. The average Bonchev–Trinajstić information content (AvgIpc) is 2.71. The van der Waals surface area contributed by atoms with E-state index in [0.717, 1.165) is 37.4 Å². The van der Waals surface area contributed by atoms with E-state index in [1.54, 1.807) is 17.0 Å². The van der Waals surface area contributed by atoms with Crippen LogP contribution in [0.1, 0.15) is 25.5 Å². The standard InChI is InChI=1S/C20H25N3O2.C2H6/c1-21(2)20(25)19(16-6-4-3-5-7-16)23-14-12-22(13-15-23)17-8-10-18(24)11-9-17;1-2/h3-11,19,24H,12-15H2,1-2H3;1-2H3. The second-order valence-corrected chi connectivity index (χ2v) is 6.59. The molecule has 5 heteroatoms. The van der Waals surface area contributed by atoms with Crippen molar-refractivity contribution in [1.29, 1.82) is 0 Å². The molecule has 1 aliphatic rings. The Hall–Kier alpha value is -2.53. The number of phenolic OH excluding ortho intramolecular Hbond substituents is 1. The Kier molecular flexibility index (Phi) is 7.67. The first-order valence-corrected chi connectivity index (χ1v) is 9.60. The minimum absolute atomic E-state index is 0.115. The van der Waals surface area contributed by atoms with Gasteiger partial charge in [-0.1, -0.05) is 44.2 Å². The van der Waals surface area contributed by atoms with E-state index in [0.29, 0.717) is 0 Å². The van der Waals surface area contributed by atoms with Crippen LogP contribution in [-0.4, -0.2) is 61.1 Å². The fourth-order valence-electron chi connectivity index (χ4n) is 3.29. The molecule has 1 atom stereocenters. The Morgan fingerprint density at radius 1 is 0.926 bits per heavy atom. The molecule has 1 aliphatic heterocycles. The summed E-state index contributed by atoms with van der Waals surface area (Å²) in [5, 5.41) is 9.44. The van der Waals surface area contributed by atoms with Gasteiger partial charge in [0.25, 0.3) is 0 Å². The minimum atomic E-state index is -0.238. The molecular weight excluding hydrogens is 338 g/mol. The van der Waals surface area contributed by atoms with Gasteiger partial charge in [-0.2, -0.15) is 0 Å². The lowest BCUT2D eigenvalue weighted by Gasteiger charge is -2.40. The molecule has 1 amide bonds. The highest BCUT2D eigenvalue weighted by atomic mass is 16.3. The van der Waals surface area contributed by atoms with Crippen molar-refractivity contribution in [3.63, 3.8) is 0 Å². The number of carbonyl (C=O) groups is 1. The van der Waals surface area contributed by atoms with E-state index in [9.17, 15) is 9.90 Å². The lowest BCUT2D eigenvalue weighted by molar-refractivity contribution is -0.134. The molecule has 5 nitrogen and oxygen atoms in total. The summed E-state index contributed by atoms with van der Waals surface area (Å²) in [4.78, 5) is 19.0. The summed E-state index contributed by atoms with van der Waals surface area (Å²) in [6.07, 6.45) is 0. The van der Waals surface area contributed by atoms with Gasteiger partial charge in [0, 0.05) is 46.0 Å². The molecule has 2 aromatic carbocycles. The summed E-state index contributed by atoms with van der Waals surface area (Å²) in [6.45, 7) is 7.35. The van der Waals surface area contributed by atoms with Crippen LogP contribution in [0.3, 0.4) is 0 Å². The summed E-state index contributed by atoms with van der Waals surface area (Å²) in [5.41, 5.74) is 2.15. The van der Waals surface area contributed by atoms with E-state index in [-0.39, 0.29) is 17.7 Å². The lowest BCUT2D eigenvalue weighted by Crippen LogP contribution is -2.51. The number of piperazine rings is 1. The zero-order chi connectivity index (χ0) is 19.8. The molecule has 1 saturated heterocycles. The Labute approximate surface area is 162 Å². The second-order valence-electron chi connectivity index (χ2n) is 6.59. The maximum atomic E-state index is 12.8. The van der Waals surface area contributed by atoms with Gasteiger partial charge in [0.2, 0.25) is 5.91 Å². The van der Waals surface area contributed by atoms with Gasteiger partial charge in [0.05, 0.1) is 0 Å². The number of rotatable bonds is 4. The van der Waals surface area contributed by atoms with Crippen molar-refractivity contribution in [2.45, 2.75) is 19.9 Å². The van der Waals surface area contributed by atoms with Crippen molar-refractivity contribution >= 4 is 11.6 Å². The van der Waals surface area contributed by atoms with Gasteiger partial charge in [0.15, 0.2) is 0 Å². The van der Waals surface area contributed by atoms with Crippen LogP contribution >= 0.6 is 0 Å². The predicted molar refractivity (Wildman–Crippen MR) is 111 cm³/mol. The van der Waals surface area contributed by atoms with Crippen LogP contribution in [0.25, 0.3) is 0 Å². The number of hydrogen-bond donors (Lipinski definition) is 1.